The number of nitrogens with one attached hydrogen (secondary N) is 1. The van der Waals surface area contributed by atoms with Gasteiger partial charge in [0, 0.05) is 17.3 Å². The molecule has 0 bridgehead atoms. The third-order valence-electron chi connectivity index (χ3n) is 2.64. The maximum absolute atomic E-state index is 11.7. The highest BCUT2D eigenvalue weighted by Gasteiger charge is 2.37. The third-order valence-corrected chi connectivity index (χ3v) is 2.64. The lowest BCUT2D eigenvalue weighted by atomic mass is 9.86. The Morgan fingerprint density at radius 3 is 2.76 bits per heavy atom. The van der Waals surface area contributed by atoms with Crippen molar-refractivity contribution in [2.45, 2.75) is 5.54 Å². The van der Waals surface area contributed by atoms with E-state index in [-0.39, 0.29) is 0 Å². The summed E-state index contributed by atoms with van der Waals surface area (Å²) in [6.45, 7) is 0. The molecule has 1 aliphatic rings. The quantitative estimate of drug-likeness (QED) is 0.732. The van der Waals surface area contributed by atoms with Gasteiger partial charge in [-0.2, -0.15) is 0 Å². The Kier molecular flexibility index (Phi) is 2.74. The molecule has 1 aliphatic heterocycles. The van der Waals surface area contributed by atoms with Gasteiger partial charge in [0.2, 0.25) is 0 Å². The highest BCUT2D eigenvalue weighted by molar-refractivity contribution is 5.94. The van der Waals surface area contributed by atoms with Crippen LogP contribution >= 0.6 is 0 Å². The molecule has 17 heavy (non-hydrogen) atoms. The lowest BCUT2D eigenvalue weighted by Crippen LogP contribution is -2.41. The fourth-order valence-electron chi connectivity index (χ4n) is 1.78. The maximum Gasteiger partial charge on any atom is 0.254 e. The Balaban J connectivity index is 2.65. The highest BCUT2D eigenvalue weighted by atomic mass is 16.1. The van der Waals surface area contributed by atoms with Crippen molar-refractivity contribution in [2.24, 2.45) is 10.7 Å². The van der Waals surface area contributed by atoms with E-state index in [2.05, 4.69) is 10.3 Å². The van der Waals surface area contributed by atoms with Crippen LogP contribution in [0.25, 0.3) is 0 Å². The summed E-state index contributed by atoms with van der Waals surface area (Å²) in [5.74, 6) is -0.624. The van der Waals surface area contributed by atoms with Crippen molar-refractivity contribution in [2.75, 3.05) is 0 Å². The number of primary amides is 1. The molecular weight excluding hydrogens is 218 g/mol. The lowest BCUT2D eigenvalue weighted by Gasteiger charge is -2.26. The van der Waals surface area contributed by atoms with E-state index in [4.69, 9.17) is 5.73 Å². The van der Waals surface area contributed by atoms with Crippen molar-refractivity contribution < 1.29 is 9.59 Å². The van der Waals surface area contributed by atoms with E-state index in [1.807, 2.05) is 0 Å². The summed E-state index contributed by atoms with van der Waals surface area (Å²) in [4.78, 5) is 26.7. The summed E-state index contributed by atoms with van der Waals surface area (Å²) in [6.07, 6.45) is 5.18. The van der Waals surface area contributed by atoms with E-state index in [1.54, 1.807) is 30.5 Å². The molecule has 3 N–H and O–H groups in total. The Morgan fingerprint density at radius 2 is 2.18 bits per heavy atom. The molecule has 0 radical (unpaired) electrons. The van der Waals surface area contributed by atoms with E-state index in [0.717, 1.165) is 0 Å². The van der Waals surface area contributed by atoms with Crippen LogP contribution in [0.1, 0.15) is 15.9 Å². The van der Waals surface area contributed by atoms with Gasteiger partial charge >= 0.3 is 0 Å². The first-order valence-electron chi connectivity index (χ1n) is 5.03. The minimum Gasteiger partial charge on any atom is -0.367 e. The average molecular weight is 229 g/mol. The summed E-state index contributed by atoms with van der Waals surface area (Å²) in [5.41, 5.74) is 4.99. The van der Waals surface area contributed by atoms with Crippen LogP contribution in [0.3, 0.4) is 0 Å². The van der Waals surface area contributed by atoms with Crippen molar-refractivity contribution in [1.82, 2.24) is 5.32 Å². The molecular formula is C12H11N3O2. The van der Waals surface area contributed by atoms with Gasteiger partial charge in [0.25, 0.3) is 5.91 Å². The Morgan fingerprint density at radius 1 is 1.41 bits per heavy atom. The zero-order chi connectivity index (χ0) is 12.3. The second-order valence-corrected chi connectivity index (χ2v) is 3.59. The number of carbonyl (C=O) groups is 2. The second-order valence-electron chi connectivity index (χ2n) is 3.59. The van der Waals surface area contributed by atoms with Gasteiger partial charge in [0.15, 0.2) is 5.54 Å². The predicted molar refractivity (Wildman–Crippen MR) is 63.5 cm³/mol. The topological polar surface area (TPSA) is 84.5 Å². The first-order chi connectivity index (χ1) is 8.20. The second kappa shape index (κ2) is 4.21. The van der Waals surface area contributed by atoms with Gasteiger partial charge in [0.05, 0.1) is 6.34 Å². The Hall–Kier alpha value is -2.43. The van der Waals surface area contributed by atoms with Gasteiger partial charge < -0.3 is 11.1 Å². The van der Waals surface area contributed by atoms with Gasteiger partial charge in [-0.25, -0.2) is 4.99 Å². The number of benzene rings is 1. The van der Waals surface area contributed by atoms with Gasteiger partial charge in [-0.1, -0.05) is 24.3 Å². The van der Waals surface area contributed by atoms with Crippen LogP contribution in [-0.4, -0.2) is 18.5 Å². The smallest absolute Gasteiger partial charge is 0.254 e. The number of hydrogen-bond acceptors (Lipinski definition) is 4. The normalized spacial score (nSPS) is 21.9. The summed E-state index contributed by atoms with van der Waals surface area (Å²) in [6, 6.07) is 6.74. The summed E-state index contributed by atoms with van der Waals surface area (Å²) in [7, 11) is 0. The first kappa shape index (κ1) is 11.1. The molecule has 0 saturated carbocycles. The number of carbonyl (C=O) groups excluding carboxylic acids is 2. The van der Waals surface area contributed by atoms with Crippen molar-refractivity contribution in [1.29, 1.82) is 0 Å². The van der Waals surface area contributed by atoms with Gasteiger partial charge in [-0.05, 0) is 6.08 Å². The van der Waals surface area contributed by atoms with E-state index in [1.165, 1.54) is 12.4 Å². The van der Waals surface area contributed by atoms with Crippen LogP contribution in [0.2, 0.25) is 0 Å². The molecule has 2 rings (SSSR count). The van der Waals surface area contributed by atoms with Crippen LogP contribution in [-0.2, 0) is 10.3 Å². The van der Waals surface area contributed by atoms with E-state index >= 15 is 0 Å². The van der Waals surface area contributed by atoms with E-state index < -0.39 is 11.4 Å². The lowest BCUT2D eigenvalue weighted by molar-refractivity contribution is -0.121. The fourth-order valence-corrected chi connectivity index (χ4v) is 1.78. The molecule has 0 fully saturated rings. The van der Waals surface area contributed by atoms with Crippen LogP contribution in [0.5, 0.6) is 0 Å². The van der Waals surface area contributed by atoms with Crippen LogP contribution in [0, 0.1) is 0 Å². The number of amides is 1. The minimum absolute atomic E-state index is 0.398. The molecule has 1 heterocycles. The van der Waals surface area contributed by atoms with Crippen LogP contribution in [0.4, 0.5) is 0 Å². The third kappa shape index (κ3) is 1.71. The van der Waals surface area contributed by atoms with Crippen molar-refractivity contribution in [3.63, 3.8) is 0 Å². The fraction of sp³-hybridized carbons (Fsp3) is 0.0833. The molecule has 1 aromatic carbocycles. The van der Waals surface area contributed by atoms with Gasteiger partial charge in [-0.15, -0.1) is 0 Å². The van der Waals surface area contributed by atoms with Gasteiger partial charge in [0.1, 0.15) is 6.29 Å². The molecule has 86 valence electrons. The number of aldehydes is 1. The number of aliphatic imine (C=N–C) groups is 1. The number of hydrogen-bond donors (Lipinski definition) is 2. The number of rotatable bonds is 3. The maximum atomic E-state index is 11.7. The largest absolute Gasteiger partial charge is 0.367 e. The summed E-state index contributed by atoms with van der Waals surface area (Å²) in [5, 5.41) is 2.73. The van der Waals surface area contributed by atoms with Crippen LogP contribution < -0.4 is 11.1 Å². The van der Waals surface area contributed by atoms with Crippen molar-refractivity contribution >= 4 is 18.5 Å². The minimum atomic E-state index is -1.30. The SMILES string of the molecule is NC(=O)C1(c2ccccc2C=O)C=CNC=N1. The molecule has 0 aliphatic carbocycles. The predicted octanol–water partition coefficient (Wildman–Crippen LogP) is 0.325. The number of nitrogens with two attached hydrogens (primary N) is 1. The Bertz CT molecular complexity index is 508. The molecule has 5 heteroatoms. The first-order valence-corrected chi connectivity index (χ1v) is 5.03. The van der Waals surface area contributed by atoms with Crippen molar-refractivity contribution in [3.05, 3.63) is 47.7 Å². The van der Waals surface area contributed by atoms with Crippen LogP contribution in [0.15, 0.2) is 41.5 Å². The number of nitrogens with zero attached hydrogens (tertiary/aromatic N) is 1. The van der Waals surface area contributed by atoms with E-state index in [0.29, 0.717) is 17.4 Å². The Labute approximate surface area is 98.0 Å². The van der Waals surface area contributed by atoms with E-state index in [9.17, 15) is 9.59 Å². The molecule has 1 aromatic rings. The molecule has 5 nitrogen and oxygen atoms in total. The molecule has 1 unspecified atom stereocenters. The molecule has 0 saturated heterocycles. The molecule has 1 atom stereocenters. The summed E-state index contributed by atoms with van der Waals surface area (Å²) < 4.78 is 0. The zero-order valence-corrected chi connectivity index (χ0v) is 8.96. The van der Waals surface area contributed by atoms with Crippen molar-refractivity contribution in [3.8, 4) is 0 Å². The average Bonchev–Trinajstić information content (AvgIpc) is 2.39. The monoisotopic (exact) mass is 229 g/mol. The molecule has 0 spiro atoms. The highest BCUT2D eigenvalue weighted by Crippen LogP contribution is 2.30. The zero-order valence-electron chi connectivity index (χ0n) is 8.96. The molecule has 0 aromatic heterocycles. The summed E-state index contributed by atoms with van der Waals surface area (Å²) >= 11 is 0. The van der Waals surface area contributed by atoms with Gasteiger partial charge in [-0.3, -0.25) is 9.59 Å². The standard InChI is InChI=1S/C12H11N3O2/c13-11(17)12(5-6-14-8-15-12)10-4-2-1-3-9(10)7-16/h1-8H,(H2,13,17)(H,14,15). The molecule has 1 amide bonds.